The van der Waals surface area contributed by atoms with E-state index in [0.717, 1.165) is 0 Å². The Morgan fingerprint density at radius 2 is 1.93 bits per heavy atom. The van der Waals surface area contributed by atoms with E-state index in [4.69, 9.17) is 26.6 Å². The minimum Gasteiger partial charge on any atom is -0.394 e. The maximum atomic E-state index is 9.40. The molecule has 0 saturated carbocycles. The van der Waals surface area contributed by atoms with E-state index in [1.165, 1.54) is 11.8 Å². The third-order valence-corrected chi connectivity index (χ3v) is 3.11. The summed E-state index contributed by atoms with van der Waals surface area (Å²) in [6.45, 7) is 3.30. The van der Waals surface area contributed by atoms with Gasteiger partial charge in [-0.05, 0) is 0 Å². The molecule has 0 amide bonds. The molecule has 3 N–H and O–H groups in total. The molecule has 0 aromatic carbocycles. The van der Waals surface area contributed by atoms with Crippen LogP contribution in [0.3, 0.4) is 0 Å². The van der Waals surface area contributed by atoms with E-state index in [0.29, 0.717) is 5.75 Å². The van der Waals surface area contributed by atoms with E-state index in [9.17, 15) is 5.11 Å². The summed E-state index contributed by atoms with van der Waals surface area (Å²) >= 11 is 7.09. The van der Waals surface area contributed by atoms with Gasteiger partial charge in [0.2, 0.25) is 0 Å². The topological polar surface area (TPSA) is 69.9 Å². The van der Waals surface area contributed by atoms with Crippen LogP contribution < -0.4 is 0 Å². The van der Waals surface area contributed by atoms with Crippen LogP contribution in [0.4, 0.5) is 0 Å². The van der Waals surface area contributed by atoms with Crippen molar-refractivity contribution < 1.29 is 20.1 Å². The first-order chi connectivity index (χ1) is 7.10. The van der Waals surface area contributed by atoms with Crippen LogP contribution in [0.15, 0.2) is 12.7 Å². The predicted molar refractivity (Wildman–Crippen MR) is 62.2 cm³/mol. The quantitative estimate of drug-likeness (QED) is 0.406. The number of ether oxygens (including phenoxy) is 1. The lowest BCUT2D eigenvalue weighted by Gasteiger charge is -2.13. The minimum absolute atomic E-state index is 0.0178. The molecule has 15 heavy (non-hydrogen) atoms. The number of hydrogen-bond donors (Lipinski definition) is 3. The zero-order valence-electron chi connectivity index (χ0n) is 8.38. The Kier molecular flexibility index (Phi) is 9.58. The van der Waals surface area contributed by atoms with Crippen LogP contribution in [0.25, 0.3) is 0 Å². The predicted octanol–water partition coefficient (Wildman–Crippen LogP) is 0.201. The maximum absolute atomic E-state index is 9.40. The van der Waals surface area contributed by atoms with Crippen molar-refractivity contribution in [2.45, 2.75) is 16.9 Å². The van der Waals surface area contributed by atoms with Gasteiger partial charge in [0.05, 0.1) is 30.6 Å². The molecule has 0 saturated heterocycles. The van der Waals surface area contributed by atoms with Crippen molar-refractivity contribution in [1.82, 2.24) is 0 Å². The fourth-order valence-electron chi connectivity index (χ4n) is 0.712. The molecule has 0 rings (SSSR count). The van der Waals surface area contributed by atoms with Crippen molar-refractivity contribution >= 4 is 23.4 Å². The van der Waals surface area contributed by atoms with Gasteiger partial charge in [0, 0.05) is 5.75 Å². The van der Waals surface area contributed by atoms with Crippen molar-refractivity contribution in [2.24, 2.45) is 0 Å². The zero-order valence-corrected chi connectivity index (χ0v) is 9.95. The van der Waals surface area contributed by atoms with Gasteiger partial charge in [0.25, 0.3) is 0 Å². The van der Waals surface area contributed by atoms with Crippen molar-refractivity contribution in [3.8, 4) is 0 Å². The van der Waals surface area contributed by atoms with Gasteiger partial charge in [-0.25, -0.2) is 0 Å². The zero-order chi connectivity index (χ0) is 11.7. The van der Waals surface area contributed by atoms with Gasteiger partial charge in [-0.3, -0.25) is 0 Å². The van der Waals surface area contributed by atoms with Crippen LogP contribution in [0.5, 0.6) is 0 Å². The summed E-state index contributed by atoms with van der Waals surface area (Å²) in [5.41, 5.74) is 0. The van der Waals surface area contributed by atoms with Crippen molar-refractivity contribution in [3.05, 3.63) is 12.7 Å². The minimum atomic E-state index is -0.890. The molecule has 3 unspecified atom stereocenters. The first kappa shape index (κ1) is 15.2. The highest BCUT2D eigenvalue weighted by molar-refractivity contribution is 8.01. The summed E-state index contributed by atoms with van der Waals surface area (Å²) < 4.78 is 4.75. The third kappa shape index (κ3) is 9.17. The fourth-order valence-corrected chi connectivity index (χ4v) is 1.57. The van der Waals surface area contributed by atoms with E-state index >= 15 is 0 Å². The molecule has 0 radical (unpaired) electrons. The number of alkyl halides is 1. The first-order valence-electron chi connectivity index (χ1n) is 4.53. The molecule has 0 bridgehead atoms. The molecule has 0 aromatic rings. The number of aliphatic hydroxyl groups excluding tert-OH is 3. The number of thioether (sulfide) groups is 1. The van der Waals surface area contributed by atoms with E-state index in [1.54, 1.807) is 6.08 Å². The molecule has 0 aliphatic heterocycles. The van der Waals surface area contributed by atoms with Gasteiger partial charge >= 0.3 is 0 Å². The Morgan fingerprint density at radius 3 is 2.47 bits per heavy atom. The molecule has 0 fully saturated rings. The largest absolute Gasteiger partial charge is 0.394 e. The van der Waals surface area contributed by atoms with Gasteiger partial charge in [-0.15, -0.1) is 29.9 Å². The molecule has 0 aliphatic rings. The molecule has 3 atom stereocenters. The Balaban J connectivity index is 3.40. The van der Waals surface area contributed by atoms with Crippen LogP contribution >= 0.6 is 23.4 Å². The second kappa shape index (κ2) is 9.45. The summed E-state index contributed by atoms with van der Waals surface area (Å²) in [6.07, 6.45) is 0.0517. The number of aliphatic hydroxyl groups is 3. The summed E-state index contributed by atoms with van der Waals surface area (Å²) in [5.74, 6) is 0.440. The van der Waals surface area contributed by atoms with E-state index in [1.807, 2.05) is 0 Å². The van der Waals surface area contributed by atoms with Crippen LogP contribution in [0.2, 0.25) is 0 Å². The summed E-state index contributed by atoms with van der Waals surface area (Å²) in [5, 5.41) is 26.8. The molecule has 90 valence electrons. The molecule has 6 heteroatoms. The highest BCUT2D eigenvalue weighted by atomic mass is 35.5. The van der Waals surface area contributed by atoms with Gasteiger partial charge in [0.1, 0.15) is 6.10 Å². The van der Waals surface area contributed by atoms with Gasteiger partial charge in [-0.2, -0.15) is 0 Å². The monoisotopic (exact) mass is 256 g/mol. The lowest BCUT2D eigenvalue weighted by molar-refractivity contribution is -0.0192. The van der Waals surface area contributed by atoms with Gasteiger partial charge < -0.3 is 20.1 Å². The second-order valence-electron chi connectivity index (χ2n) is 2.95. The maximum Gasteiger partial charge on any atom is 0.100 e. The van der Waals surface area contributed by atoms with Crippen LogP contribution in [-0.2, 0) is 4.74 Å². The summed E-state index contributed by atoms with van der Waals surface area (Å²) in [4.78, 5) is 0. The van der Waals surface area contributed by atoms with Crippen LogP contribution in [0, 0.1) is 0 Å². The van der Waals surface area contributed by atoms with Crippen molar-refractivity contribution in [2.75, 3.05) is 25.6 Å². The van der Waals surface area contributed by atoms with Crippen LogP contribution in [0.1, 0.15) is 0 Å². The fraction of sp³-hybridized carbons (Fsp3) is 0.778. The number of hydrogen-bond acceptors (Lipinski definition) is 5. The van der Waals surface area contributed by atoms with Gasteiger partial charge in [0.15, 0.2) is 0 Å². The Bertz CT molecular complexity index is 170. The first-order valence-corrected chi connectivity index (χ1v) is 6.01. The number of rotatable bonds is 9. The standard InChI is InChI=1S/C9H17ClO4S/c1-2-9(10)15-6-8(13)5-14-4-7(12)3-11/h2,7-9,11-13H,1,3-6H2. The lowest BCUT2D eigenvalue weighted by atomic mass is 10.4. The summed E-state index contributed by atoms with van der Waals surface area (Å²) in [7, 11) is 0. The smallest absolute Gasteiger partial charge is 0.100 e. The third-order valence-electron chi connectivity index (χ3n) is 1.46. The molecule has 4 nitrogen and oxygen atoms in total. The Hall–Kier alpha value is 0.220. The van der Waals surface area contributed by atoms with Crippen LogP contribution in [-0.4, -0.2) is 57.8 Å². The van der Waals surface area contributed by atoms with E-state index in [-0.39, 0.29) is 24.5 Å². The van der Waals surface area contributed by atoms with E-state index < -0.39 is 12.2 Å². The molecular formula is C9H17ClO4S. The summed E-state index contributed by atoms with van der Waals surface area (Å²) in [6, 6.07) is 0. The van der Waals surface area contributed by atoms with E-state index in [2.05, 4.69) is 6.58 Å². The molecule has 0 heterocycles. The average Bonchev–Trinajstić information content (AvgIpc) is 2.25. The average molecular weight is 257 g/mol. The highest BCUT2D eigenvalue weighted by Gasteiger charge is 2.09. The molecule has 0 aromatic heterocycles. The Labute approximate surface area is 98.9 Å². The SMILES string of the molecule is C=CC(Cl)SCC(O)COCC(O)CO. The second-order valence-corrected chi connectivity index (χ2v) is 4.85. The molecular weight excluding hydrogens is 240 g/mol. The highest BCUT2D eigenvalue weighted by Crippen LogP contribution is 2.16. The Morgan fingerprint density at radius 1 is 1.33 bits per heavy atom. The van der Waals surface area contributed by atoms with Gasteiger partial charge in [-0.1, -0.05) is 6.08 Å². The lowest BCUT2D eigenvalue weighted by Crippen LogP contribution is -2.25. The molecule has 0 aliphatic carbocycles. The molecule has 0 spiro atoms. The van der Waals surface area contributed by atoms with Crippen molar-refractivity contribution in [3.63, 3.8) is 0 Å². The normalized spacial score (nSPS) is 17.1. The van der Waals surface area contributed by atoms with Crippen molar-refractivity contribution in [1.29, 1.82) is 0 Å². The number of halogens is 1.